The van der Waals surface area contributed by atoms with Gasteiger partial charge < -0.3 is 13.3 Å². The van der Waals surface area contributed by atoms with Crippen molar-refractivity contribution in [2.75, 3.05) is 39.5 Å². The summed E-state index contributed by atoms with van der Waals surface area (Å²) in [5.41, 5.74) is 0. The molecule has 21 heavy (non-hydrogen) atoms. The van der Waals surface area contributed by atoms with E-state index < -0.39 is 16.9 Å². The first-order valence-corrected chi connectivity index (χ1v) is 13.8. The Labute approximate surface area is 133 Å². The largest absolute Gasteiger partial charge is 0.500 e. The van der Waals surface area contributed by atoms with Crippen LogP contribution in [0.3, 0.4) is 0 Å². The van der Waals surface area contributed by atoms with Crippen molar-refractivity contribution >= 4 is 32.7 Å². The van der Waals surface area contributed by atoms with Crippen LogP contribution in [0.1, 0.15) is 0 Å². The zero-order chi connectivity index (χ0) is 14.8. The first-order chi connectivity index (χ1) is 10.1. The van der Waals surface area contributed by atoms with E-state index >= 15 is 0 Å². The van der Waals surface area contributed by atoms with Crippen molar-refractivity contribution in [3.05, 3.63) is 17.5 Å². The van der Waals surface area contributed by atoms with E-state index in [1.54, 1.807) is 4.50 Å². The molecular weight excluding hydrogens is 318 g/mol. The Morgan fingerprint density at radius 1 is 1.14 bits per heavy atom. The van der Waals surface area contributed by atoms with Crippen LogP contribution in [0.2, 0.25) is 25.2 Å². The van der Waals surface area contributed by atoms with E-state index in [0.717, 1.165) is 45.5 Å². The first kappa shape index (κ1) is 15.9. The highest BCUT2D eigenvalue weighted by Crippen LogP contribution is 2.26. The van der Waals surface area contributed by atoms with Gasteiger partial charge in [-0.15, -0.1) is 0 Å². The smallest absolute Gasteiger partial charge is 0.372 e. The zero-order valence-corrected chi connectivity index (χ0v) is 15.8. The summed E-state index contributed by atoms with van der Waals surface area (Å²) in [5.74, 6) is 0. The molecule has 0 unspecified atom stereocenters. The van der Waals surface area contributed by atoms with Crippen LogP contribution in [-0.2, 0) is 13.3 Å². The maximum atomic E-state index is 6.13. The van der Waals surface area contributed by atoms with Crippen molar-refractivity contribution in [2.24, 2.45) is 0 Å². The molecule has 0 amide bonds. The summed E-state index contributed by atoms with van der Waals surface area (Å²) < 4.78 is 20.0. The van der Waals surface area contributed by atoms with Gasteiger partial charge in [0.25, 0.3) is 0 Å². The molecule has 0 saturated carbocycles. The molecule has 1 aromatic rings. The molecule has 3 aliphatic rings. The van der Waals surface area contributed by atoms with Crippen LogP contribution in [0.5, 0.6) is 0 Å². The van der Waals surface area contributed by atoms with Crippen LogP contribution in [0.15, 0.2) is 17.5 Å². The molecule has 0 atom stereocenters. The lowest BCUT2D eigenvalue weighted by atomic mass is 10.4. The van der Waals surface area contributed by atoms with Crippen molar-refractivity contribution < 1.29 is 13.3 Å². The Bertz CT molecular complexity index is 429. The van der Waals surface area contributed by atoms with Crippen LogP contribution in [0, 0.1) is 0 Å². The summed E-state index contributed by atoms with van der Waals surface area (Å²) in [4.78, 5) is 2.36. The Morgan fingerprint density at radius 3 is 2.29 bits per heavy atom. The number of rotatable bonds is 4. The van der Waals surface area contributed by atoms with Crippen LogP contribution in [0.25, 0.3) is 0 Å². The van der Waals surface area contributed by atoms with Gasteiger partial charge in [0.15, 0.2) is 0 Å². The van der Waals surface area contributed by atoms with Crippen LogP contribution >= 0.6 is 11.3 Å². The average Bonchev–Trinajstić information content (AvgIpc) is 2.90. The van der Waals surface area contributed by atoms with Crippen molar-refractivity contribution in [1.29, 1.82) is 0 Å². The van der Waals surface area contributed by atoms with E-state index in [-0.39, 0.29) is 0 Å². The second kappa shape index (κ2) is 6.61. The topological polar surface area (TPSA) is 30.9 Å². The first-order valence-electron chi connectivity index (χ1n) is 7.78. The normalized spacial score (nSPS) is 30.7. The minimum absolute atomic E-state index is 0.757. The monoisotopic (exact) mass is 343 g/mol. The van der Waals surface area contributed by atoms with Crippen molar-refractivity contribution in [2.45, 2.75) is 25.2 Å². The Kier molecular flexibility index (Phi) is 4.99. The minimum Gasteiger partial charge on any atom is -0.372 e. The lowest BCUT2D eigenvalue weighted by Gasteiger charge is -2.39. The molecule has 7 heteroatoms. The van der Waals surface area contributed by atoms with Gasteiger partial charge >= 0.3 is 8.80 Å². The second-order valence-electron chi connectivity index (χ2n) is 6.43. The van der Waals surface area contributed by atoms with E-state index in [0.29, 0.717) is 0 Å². The van der Waals surface area contributed by atoms with E-state index in [4.69, 9.17) is 13.3 Å². The lowest BCUT2D eigenvalue weighted by Crippen LogP contribution is -2.56. The van der Waals surface area contributed by atoms with Gasteiger partial charge in [-0.3, -0.25) is 4.90 Å². The number of hydrogen-bond acceptors (Lipinski definition) is 5. The van der Waals surface area contributed by atoms with Gasteiger partial charge in [-0.05, 0) is 15.9 Å². The molecular formula is C14H25NO3SSi2. The predicted molar refractivity (Wildman–Crippen MR) is 91.1 cm³/mol. The predicted octanol–water partition coefficient (Wildman–Crippen LogP) is 1.98. The molecule has 4 rings (SSSR count). The van der Waals surface area contributed by atoms with Crippen molar-refractivity contribution in [1.82, 2.24) is 4.90 Å². The maximum absolute atomic E-state index is 6.13. The van der Waals surface area contributed by atoms with Gasteiger partial charge in [0.2, 0.25) is 0 Å². The van der Waals surface area contributed by atoms with E-state index in [1.165, 1.54) is 6.04 Å². The van der Waals surface area contributed by atoms with Crippen LogP contribution in [-0.4, -0.2) is 61.2 Å². The highest BCUT2D eigenvalue weighted by molar-refractivity contribution is 7.25. The van der Waals surface area contributed by atoms with Gasteiger partial charge in [-0.1, -0.05) is 25.2 Å². The fourth-order valence-corrected chi connectivity index (χ4v) is 11.6. The molecule has 0 spiro atoms. The molecule has 118 valence electrons. The quantitative estimate of drug-likeness (QED) is 0.782. The molecule has 4 nitrogen and oxygen atoms in total. The molecule has 0 radical (unpaired) electrons. The maximum Gasteiger partial charge on any atom is 0.500 e. The second-order valence-corrected chi connectivity index (χ2v) is 15.3. The van der Waals surface area contributed by atoms with E-state index in [1.807, 2.05) is 11.3 Å². The molecule has 2 bridgehead atoms. The Morgan fingerprint density at radius 2 is 1.76 bits per heavy atom. The fraction of sp³-hybridized carbons (Fsp3) is 0.714. The highest BCUT2D eigenvalue weighted by Gasteiger charge is 2.45. The zero-order valence-electron chi connectivity index (χ0n) is 13.0. The average molecular weight is 344 g/mol. The third-order valence-corrected chi connectivity index (χ3v) is 13.4. The molecule has 0 aromatic carbocycles. The molecule has 0 aliphatic carbocycles. The number of thiophene rings is 1. The van der Waals surface area contributed by atoms with E-state index in [9.17, 15) is 0 Å². The lowest BCUT2D eigenvalue weighted by molar-refractivity contribution is -0.00753. The summed E-state index contributed by atoms with van der Waals surface area (Å²) >= 11 is 1.89. The number of nitrogens with zero attached hydrogens (tertiary/aromatic N) is 1. The summed E-state index contributed by atoms with van der Waals surface area (Å²) in [5, 5.41) is 2.18. The molecule has 3 saturated heterocycles. The fourth-order valence-electron chi connectivity index (χ4n) is 2.92. The van der Waals surface area contributed by atoms with Gasteiger partial charge in [-0.2, -0.15) is 11.3 Å². The summed E-state index contributed by atoms with van der Waals surface area (Å²) in [7, 11) is -3.84. The minimum atomic E-state index is -2.44. The van der Waals surface area contributed by atoms with Crippen molar-refractivity contribution in [3.63, 3.8) is 0 Å². The molecule has 1 aromatic heterocycles. The molecule has 0 N–H and O–H groups in total. The molecule has 3 aliphatic heterocycles. The number of hydrogen-bond donors (Lipinski definition) is 0. The molecule has 4 heterocycles. The van der Waals surface area contributed by atoms with Crippen molar-refractivity contribution in [3.8, 4) is 0 Å². The van der Waals surface area contributed by atoms with Gasteiger partial charge in [0, 0.05) is 25.7 Å². The standard InChI is InChI=1S/C14H25NO3SSi2/c1-20(2,14-4-3-11-19-14)12-13-21-16-8-5-15(6-9-17-21)7-10-18-21/h3-4,11H,5-10,12-13H2,1-2H3. The Hall–Kier alpha value is -0.0262. The van der Waals surface area contributed by atoms with Gasteiger partial charge in [-0.25, -0.2) is 0 Å². The SMILES string of the molecule is C[Si](C)(CC[Si]12OCCN(CCO1)CCO2)c1cccs1. The third kappa shape index (κ3) is 3.84. The highest BCUT2D eigenvalue weighted by atomic mass is 32.1. The summed E-state index contributed by atoms with van der Waals surface area (Å²) in [6.07, 6.45) is 0. The summed E-state index contributed by atoms with van der Waals surface area (Å²) in [6, 6.07) is 6.61. The number of fused-ring (bicyclic) bond motifs is 6. The van der Waals surface area contributed by atoms with Crippen LogP contribution < -0.4 is 4.50 Å². The van der Waals surface area contributed by atoms with E-state index in [2.05, 4.69) is 35.5 Å². The van der Waals surface area contributed by atoms with Crippen LogP contribution in [0.4, 0.5) is 0 Å². The molecule has 3 fully saturated rings. The third-order valence-electron chi connectivity index (χ3n) is 4.43. The van der Waals surface area contributed by atoms with Gasteiger partial charge in [0.05, 0.1) is 27.9 Å². The van der Waals surface area contributed by atoms with Gasteiger partial charge in [0.1, 0.15) is 0 Å². The summed E-state index contributed by atoms with van der Waals surface area (Å²) in [6.45, 7) is 10.2. The Balaban J connectivity index is 1.67.